The van der Waals surface area contributed by atoms with Crippen LogP contribution in [0, 0.1) is 11.8 Å². The molecule has 0 aliphatic heterocycles. The SMILES string of the molecule is CCOC(=O)C1CCCCC1C=CC(=O)CCl. The maximum atomic E-state index is 11.8. The van der Waals surface area contributed by atoms with Gasteiger partial charge in [0.15, 0.2) is 5.78 Å². The lowest BCUT2D eigenvalue weighted by Crippen LogP contribution is -2.28. The fraction of sp³-hybridized carbons (Fsp3) is 0.692. The van der Waals surface area contributed by atoms with Gasteiger partial charge in [-0.05, 0) is 31.8 Å². The molecule has 0 N–H and O–H groups in total. The number of ether oxygens (including phenoxy) is 1. The van der Waals surface area contributed by atoms with Gasteiger partial charge in [-0.25, -0.2) is 0 Å². The fourth-order valence-corrected chi connectivity index (χ4v) is 2.30. The number of rotatable bonds is 5. The lowest BCUT2D eigenvalue weighted by molar-refractivity contribution is -0.150. The van der Waals surface area contributed by atoms with Gasteiger partial charge in [0.25, 0.3) is 0 Å². The molecule has 96 valence electrons. The summed E-state index contributed by atoms with van der Waals surface area (Å²) < 4.78 is 5.06. The van der Waals surface area contributed by atoms with Crippen LogP contribution in [-0.2, 0) is 14.3 Å². The van der Waals surface area contributed by atoms with Gasteiger partial charge in [0.05, 0.1) is 18.4 Å². The molecular formula is C13H19ClO3. The molecule has 3 nitrogen and oxygen atoms in total. The molecule has 0 spiro atoms. The second-order valence-electron chi connectivity index (χ2n) is 4.27. The third-order valence-corrected chi connectivity index (χ3v) is 3.33. The highest BCUT2D eigenvalue weighted by Gasteiger charge is 2.30. The predicted octanol–water partition coefficient (Wildman–Crippen LogP) is 2.72. The first-order valence-electron chi connectivity index (χ1n) is 6.12. The van der Waals surface area contributed by atoms with Crippen molar-refractivity contribution in [1.29, 1.82) is 0 Å². The Morgan fingerprint density at radius 3 is 2.71 bits per heavy atom. The Kier molecular flexibility index (Phi) is 6.27. The summed E-state index contributed by atoms with van der Waals surface area (Å²) in [4.78, 5) is 22.9. The van der Waals surface area contributed by atoms with Crippen LogP contribution in [-0.4, -0.2) is 24.2 Å². The van der Waals surface area contributed by atoms with Crippen molar-refractivity contribution in [2.75, 3.05) is 12.5 Å². The van der Waals surface area contributed by atoms with E-state index >= 15 is 0 Å². The summed E-state index contributed by atoms with van der Waals surface area (Å²) in [6.07, 6.45) is 7.26. The van der Waals surface area contributed by atoms with Crippen molar-refractivity contribution >= 4 is 23.4 Å². The number of allylic oxidation sites excluding steroid dienone is 2. The van der Waals surface area contributed by atoms with Crippen LogP contribution in [0.15, 0.2) is 12.2 Å². The van der Waals surface area contributed by atoms with Crippen LogP contribution < -0.4 is 0 Å². The number of esters is 1. The molecule has 2 atom stereocenters. The van der Waals surface area contributed by atoms with E-state index in [4.69, 9.17) is 16.3 Å². The summed E-state index contributed by atoms with van der Waals surface area (Å²) in [5, 5.41) is 0. The molecule has 0 saturated heterocycles. The quantitative estimate of drug-likeness (QED) is 0.433. The number of halogens is 1. The molecule has 4 heteroatoms. The molecule has 1 rings (SSSR count). The van der Waals surface area contributed by atoms with Gasteiger partial charge in [-0.3, -0.25) is 9.59 Å². The minimum absolute atomic E-state index is 0.00665. The standard InChI is InChI=1S/C13H19ClO3/c1-2-17-13(16)12-6-4-3-5-10(12)7-8-11(15)9-14/h7-8,10,12H,2-6,9H2,1H3. The van der Waals surface area contributed by atoms with E-state index in [0.717, 1.165) is 25.7 Å². The van der Waals surface area contributed by atoms with Gasteiger partial charge in [-0.15, -0.1) is 11.6 Å². The highest BCUT2D eigenvalue weighted by Crippen LogP contribution is 2.31. The van der Waals surface area contributed by atoms with Crippen molar-refractivity contribution in [2.24, 2.45) is 11.8 Å². The first-order valence-corrected chi connectivity index (χ1v) is 6.66. The molecule has 0 bridgehead atoms. The van der Waals surface area contributed by atoms with E-state index in [0.29, 0.717) is 6.61 Å². The average Bonchev–Trinajstić information content (AvgIpc) is 2.36. The molecule has 1 fully saturated rings. The molecular weight excluding hydrogens is 240 g/mol. The Hall–Kier alpha value is -0.830. The average molecular weight is 259 g/mol. The third kappa shape index (κ3) is 4.50. The molecule has 0 radical (unpaired) electrons. The van der Waals surface area contributed by atoms with Crippen LogP contribution in [0.2, 0.25) is 0 Å². The second-order valence-corrected chi connectivity index (χ2v) is 4.53. The highest BCUT2D eigenvalue weighted by atomic mass is 35.5. The molecule has 0 aromatic rings. The minimum Gasteiger partial charge on any atom is -0.466 e. The Labute approximate surface area is 107 Å². The zero-order valence-electron chi connectivity index (χ0n) is 10.2. The summed E-state index contributed by atoms with van der Waals surface area (Å²) in [6, 6.07) is 0. The Bertz CT molecular complexity index is 299. The van der Waals surface area contributed by atoms with Crippen molar-refractivity contribution in [2.45, 2.75) is 32.6 Å². The maximum Gasteiger partial charge on any atom is 0.309 e. The van der Waals surface area contributed by atoms with E-state index in [1.807, 2.05) is 13.0 Å². The summed E-state index contributed by atoms with van der Waals surface area (Å²) in [7, 11) is 0. The molecule has 0 aromatic carbocycles. The first-order chi connectivity index (χ1) is 8.19. The van der Waals surface area contributed by atoms with Gasteiger partial charge in [0, 0.05) is 0 Å². The molecule has 17 heavy (non-hydrogen) atoms. The molecule has 1 aliphatic carbocycles. The molecule has 0 aromatic heterocycles. The van der Waals surface area contributed by atoms with Crippen LogP contribution >= 0.6 is 11.6 Å². The van der Waals surface area contributed by atoms with Crippen LogP contribution in [0.25, 0.3) is 0 Å². The van der Waals surface area contributed by atoms with Gasteiger partial charge < -0.3 is 4.74 Å². The number of hydrogen-bond donors (Lipinski definition) is 0. The predicted molar refractivity (Wildman–Crippen MR) is 66.9 cm³/mol. The monoisotopic (exact) mass is 258 g/mol. The highest BCUT2D eigenvalue weighted by molar-refractivity contribution is 6.29. The summed E-state index contributed by atoms with van der Waals surface area (Å²) in [5.41, 5.74) is 0. The maximum absolute atomic E-state index is 11.8. The van der Waals surface area contributed by atoms with Crippen LogP contribution in [0.5, 0.6) is 0 Å². The summed E-state index contributed by atoms with van der Waals surface area (Å²) >= 11 is 5.43. The van der Waals surface area contributed by atoms with Crippen molar-refractivity contribution in [1.82, 2.24) is 0 Å². The number of ketones is 1. The Balaban J connectivity index is 2.62. The Morgan fingerprint density at radius 1 is 1.35 bits per heavy atom. The largest absolute Gasteiger partial charge is 0.466 e. The molecule has 1 aliphatic rings. The van der Waals surface area contributed by atoms with Gasteiger partial charge in [-0.1, -0.05) is 18.9 Å². The van der Waals surface area contributed by atoms with Gasteiger partial charge in [0.2, 0.25) is 0 Å². The third-order valence-electron chi connectivity index (χ3n) is 3.07. The normalized spacial score (nSPS) is 24.8. The smallest absolute Gasteiger partial charge is 0.309 e. The van der Waals surface area contributed by atoms with Crippen molar-refractivity contribution in [3.8, 4) is 0 Å². The van der Waals surface area contributed by atoms with Gasteiger partial charge in [0.1, 0.15) is 0 Å². The topological polar surface area (TPSA) is 43.4 Å². The molecule has 0 amide bonds. The van der Waals surface area contributed by atoms with Crippen LogP contribution in [0.1, 0.15) is 32.6 Å². The van der Waals surface area contributed by atoms with E-state index in [-0.39, 0.29) is 29.5 Å². The van der Waals surface area contributed by atoms with Crippen molar-refractivity contribution < 1.29 is 14.3 Å². The molecule has 1 saturated carbocycles. The summed E-state index contributed by atoms with van der Waals surface area (Å²) in [5.74, 6) is -0.231. The van der Waals surface area contributed by atoms with Crippen LogP contribution in [0.4, 0.5) is 0 Å². The first kappa shape index (κ1) is 14.2. The zero-order chi connectivity index (χ0) is 12.7. The number of carbonyl (C=O) groups is 2. The molecule has 0 heterocycles. The molecule has 2 unspecified atom stereocenters. The number of carbonyl (C=O) groups excluding carboxylic acids is 2. The van der Waals surface area contributed by atoms with Gasteiger partial charge >= 0.3 is 5.97 Å². The number of alkyl halides is 1. The van der Waals surface area contributed by atoms with Crippen molar-refractivity contribution in [3.05, 3.63) is 12.2 Å². The van der Waals surface area contributed by atoms with E-state index in [9.17, 15) is 9.59 Å². The summed E-state index contributed by atoms with van der Waals surface area (Å²) in [6.45, 7) is 2.22. The van der Waals surface area contributed by atoms with E-state index in [1.165, 1.54) is 6.08 Å². The van der Waals surface area contributed by atoms with Crippen molar-refractivity contribution in [3.63, 3.8) is 0 Å². The lowest BCUT2D eigenvalue weighted by Gasteiger charge is -2.27. The van der Waals surface area contributed by atoms with E-state index in [1.54, 1.807) is 0 Å². The fourth-order valence-electron chi connectivity index (χ4n) is 2.21. The van der Waals surface area contributed by atoms with E-state index in [2.05, 4.69) is 0 Å². The lowest BCUT2D eigenvalue weighted by atomic mass is 9.79. The Morgan fingerprint density at radius 2 is 2.06 bits per heavy atom. The number of hydrogen-bond acceptors (Lipinski definition) is 3. The zero-order valence-corrected chi connectivity index (χ0v) is 10.9. The minimum atomic E-state index is -0.139. The van der Waals surface area contributed by atoms with Crippen LogP contribution in [0.3, 0.4) is 0 Å². The van der Waals surface area contributed by atoms with Gasteiger partial charge in [-0.2, -0.15) is 0 Å². The van der Waals surface area contributed by atoms with E-state index < -0.39 is 0 Å². The second kappa shape index (κ2) is 7.49.